The van der Waals surface area contributed by atoms with Crippen molar-refractivity contribution in [3.05, 3.63) is 41.3 Å². The van der Waals surface area contributed by atoms with Gasteiger partial charge >= 0.3 is 5.97 Å². The van der Waals surface area contributed by atoms with Crippen LogP contribution in [0.4, 0.5) is 11.6 Å². The van der Waals surface area contributed by atoms with Gasteiger partial charge in [0.15, 0.2) is 0 Å². The molecule has 0 aromatic carbocycles. The number of halogens is 1. The first-order valence-corrected chi connectivity index (χ1v) is 18.7. The highest BCUT2D eigenvalue weighted by Crippen LogP contribution is 2.32. The number of tetrazole rings is 1. The largest absolute Gasteiger partial charge is 0.437 e. The van der Waals surface area contributed by atoms with E-state index in [1.807, 2.05) is 58.9 Å². The van der Waals surface area contributed by atoms with Gasteiger partial charge in [0, 0.05) is 55.6 Å². The number of nitrogens with zero attached hydrogens (tertiary/aromatic N) is 7. The predicted octanol–water partition coefficient (Wildman–Crippen LogP) is 6.18. The van der Waals surface area contributed by atoms with Crippen LogP contribution in [0.1, 0.15) is 92.1 Å². The van der Waals surface area contributed by atoms with Crippen LogP contribution in [0.3, 0.4) is 0 Å². The highest BCUT2D eigenvalue weighted by Gasteiger charge is 2.33. The van der Waals surface area contributed by atoms with Crippen molar-refractivity contribution in [3.8, 4) is 17.3 Å². The summed E-state index contributed by atoms with van der Waals surface area (Å²) in [5.41, 5.74) is 0.462. The molecule has 1 saturated heterocycles. The van der Waals surface area contributed by atoms with Crippen LogP contribution < -0.4 is 16.0 Å². The highest BCUT2D eigenvalue weighted by atomic mass is 35.5. The van der Waals surface area contributed by atoms with Gasteiger partial charge < -0.3 is 30.2 Å². The minimum Gasteiger partial charge on any atom is -0.437 e. The summed E-state index contributed by atoms with van der Waals surface area (Å²) >= 11 is 6.61. The number of aromatic nitrogens is 6. The van der Waals surface area contributed by atoms with Crippen molar-refractivity contribution >= 4 is 29.2 Å². The smallest absolute Gasteiger partial charge is 0.313 e. The van der Waals surface area contributed by atoms with E-state index in [1.54, 1.807) is 6.20 Å². The van der Waals surface area contributed by atoms with E-state index >= 15 is 0 Å². The Bertz CT molecular complexity index is 1660. The lowest BCUT2D eigenvalue weighted by atomic mass is 9.82. The number of carbonyl (C=O) groups is 1. The van der Waals surface area contributed by atoms with Crippen LogP contribution in [-0.4, -0.2) is 80.6 Å². The van der Waals surface area contributed by atoms with Gasteiger partial charge in [0.1, 0.15) is 18.2 Å². The quantitative estimate of drug-likeness (QED) is 0.151. The second-order valence-electron chi connectivity index (χ2n) is 15.4. The third kappa shape index (κ3) is 10.8. The number of anilines is 2. The van der Waals surface area contributed by atoms with Crippen molar-refractivity contribution < 1.29 is 19.0 Å². The zero-order chi connectivity index (χ0) is 37.3. The summed E-state index contributed by atoms with van der Waals surface area (Å²) in [6.45, 7) is 13.9. The molecule has 0 bridgehead atoms. The highest BCUT2D eigenvalue weighted by molar-refractivity contribution is 6.33. The predicted molar refractivity (Wildman–Crippen MR) is 198 cm³/mol. The molecule has 3 N–H and O–H groups in total. The van der Waals surface area contributed by atoms with Crippen LogP contribution in [0.25, 0.3) is 11.3 Å². The lowest BCUT2D eigenvalue weighted by Crippen LogP contribution is -2.43. The fourth-order valence-electron chi connectivity index (χ4n) is 6.30. The summed E-state index contributed by atoms with van der Waals surface area (Å²) in [6, 6.07) is 11.0. The number of pyridine rings is 2. The average Bonchev–Trinajstić information content (AvgIpc) is 3.59. The molecule has 3 aromatic rings. The topological polar surface area (TPSA) is 174 Å². The Morgan fingerprint density at radius 1 is 1.13 bits per heavy atom. The number of nitrogens with one attached hydrogen (secondary N) is 3. The molecule has 15 heteroatoms. The van der Waals surface area contributed by atoms with Gasteiger partial charge in [-0.1, -0.05) is 31.5 Å². The fourth-order valence-corrected chi connectivity index (χ4v) is 6.50. The third-order valence-corrected chi connectivity index (χ3v) is 9.78. The molecule has 3 aromatic heterocycles. The van der Waals surface area contributed by atoms with Crippen LogP contribution in [0.5, 0.6) is 0 Å². The van der Waals surface area contributed by atoms with E-state index in [-0.39, 0.29) is 24.5 Å². The zero-order valence-corrected chi connectivity index (χ0v) is 31.9. The first-order chi connectivity index (χ1) is 24.8. The second kappa shape index (κ2) is 17.7. The average molecular weight is 737 g/mol. The molecular weight excluding hydrogens is 684 g/mol. The van der Waals surface area contributed by atoms with E-state index in [1.165, 1.54) is 4.80 Å². The minimum atomic E-state index is -0.639. The molecule has 1 saturated carbocycles. The Balaban J connectivity index is 1.05. The third-order valence-electron chi connectivity index (χ3n) is 9.48. The normalized spacial score (nSPS) is 20.1. The summed E-state index contributed by atoms with van der Waals surface area (Å²) in [5, 5.41) is 33.7. The maximum atomic E-state index is 12.5. The maximum absolute atomic E-state index is 12.5. The summed E-state index contributed by atoms with van der Waals surface area (Å²) in [4.78, 5) is 23.2. The number of rotatable bonds is 15. The Morgan fingerprint density at radius 3 is 2.56 bits per heavy atom. The second-order valence-corrected chi connectivity index (χ2v) is 15.8. The Labute approximate surface area is 311 Å². The minimum absolute atomic E-state index is 0.0282. The summed E-state index contributed by atoms with van der Waals surface area (Å²) in [7, 11) is 0. The van der Waals surface area contributed by atoms with E-state index in [0.29, 0.717) is 68.0 Å². The summed E-state index contributed by atoms with van der Waals surface area (Å²) in [5.74, 6) is 1.56. The molecule has 1 aliphatic carbocycles. The number of hydrogen-bond donors (Lipinski definition) is 3. The number of hydrogen-bond acceptors (Lipinski definition) is 13. The van der Waals surface area contributed by atoms with E-state index in [9.17, 15) is 10.1 Å². The first-order valence-electron chi connectivity index (χ1n) is 18.3. The van der Waals surface area contributed by atoms with E-state index in [2.05, 4.69) is 49.3 Å². The zero-order valence-electron chi connectivity index (χ0n) is 31.2. The molecule has 0 spiro atoms. The molecular formula is C37H53ClN10O4. The summed E-state index contributed by atoms with van der Waals surface area (Å²) < 4.78 is 17.1. The Kier molecular flexibility index (Phi) is 13.4. The monoisotopic (exact) mass is 736 g/mol. The molecule has 52 heavy (non-hydrogen) atoms. The van der Waals surface area contributed by atoms with Gasteiger partial charge in [-0.05, 0) is 89.6 Å². The molecule has 2 aliphatic rings. The van der Waals surface area contributed by atoms with Gasteiger partial charge in [-0.2, -0.15) is 5.26 Å². The lowest BCUT2D eigenvalue weighted by Gasteiger charge is -2.32. The van der Waals surface area contributed by atoms with E-state index < -0.39 is 17.1 Å². The van der Waals surface area contributed by atoms with Crippen LogP contribution >= 0.6 is 11.6 Å². The van der Waals surface area contributed by atoms with E-state index in [4.69, 9.17) is 30.8 Å². The van der Waals surface area contributed by atoms with Crippen LogP contribution in [0.2, 0.25) is 5.02 Å². The van der Waals surface area contributed by atoms with Crippen molar-refractivity contribution in [2.45, 2.75) is 111 Å². The molecule has 5 rings (SSSR count). The molecule has 0 radical (unpaired) electrons. The van der Waals surface area contributed by atoms with Crippen molar-refractivity contribution in [1.29, 1.82) is 5.26 Å². The molecule has 0 unspecified atom stereocenters. The molecule has 1 aliphatic heterocycles. The molecule has 4 heterocycles. The first kappa shape index (κ1) is 39.3. The van der Waals surface area contributed by atoms with Gasteiger partial charge in [0.25, 0.3) is 0 Å². The van der Waals surface area contributed by atoms with Crippen molar-refractivity contribution in [1.82, 2.24) is 35.5 Å². The van der Waals surface area contributed by atoms with Crippen molar-refractivity contribution in [2.75, 3.05) is 37.0 Å². The molecule has 2 atom stereocenters. The maximum Gasteiger partial charge on any atom is 0.313 e. The van der Waals surface area contributed by atoms with E-state index in [0.717, 1.165) is 42.8 Å². The number of ether oxygens (including phenoxy) is 3. The standard InChI is InChI=1S/C37H53ClN10O4/c1-24(2)34(52-35(49)36(4,5)6)48-46-33(45-47-48)21-51-20-25(3)42-26-10-12-27(13-11-26)43-32-18-28(29(38)19-40-32)30-8-7-9-31(44-30)41-23-37(22-39)14-16-50-17-15-37/h7-9,18-19,24-27,34,42H,10-17,20-21,23H2,1-6H3,(H,40,43)(H,41,44)/t25-,26-,27-,34-/m0/s1. The Hall–Kier alpha value is -3.90. The lowest BCUT2D eigenvalue weighted by molar-refractivity contribution is -0.169. The molecule has 14 nitrogen and oxygen atoms in total. The van der Waals surface area contributed by atoms with Crippen molar-refractivity contribution in [3.63, 3.8) is 0 Å². The van der Waals surface area contributed by atoms with Gasteiger partial charge in [0.05, 0.1) is 34.2 Å². The number of carbonyl (C=O) groups excluding carboxylic acids is 1. The number of esters is 1. The molecule has 2 fully saturated rings. The number of nitriles is 1. The van der Waals surface area contributed by atoms with Gasteiger partial charge in [0.2, 0.25) is 12.1 Å². The fraction of sp³-hybridized carbons (Fsp3) is 0.649. The molecule has 282 valence electrons. The van der Waals surface area contributed by atoms with Crippen LogP contribution in [0.15, 0.2) is 30.5 Å². The van der Waals surface area contributed by atoms with Crippen LogP contribution in [0, 0.1) is 28.1 Å². The van der Waals surface area contributed by atoms with Crippen molar-refractivity contribution in [2.24, 2.45) is 16.7 Å². The SMILES string of the molecule is CC(C)[C@H](OC(=O)C(C)(C)C)n1nnc(COC[C@H](C)N[C@H]2CC[C@H](Nc3cc(-c4cccc(NCC5(C#N)CCOCC5)n4)c(Cl)cn3)CC2)n1. The van der Waals surface area contributed by atoms with Gasteiger partial charge in [-0.3, -0.25) is 4.79 Å². The van der Waals surface area contributed by atoms with Crippen LogP contribution in [-0.2, 0) is 25.6 Å². The Morgan fingerprint density at radius 2 is 1.87 bits per heavy atom. The van der Waals surface area contributed by atoms with Gasteiger partial charge in [-0.25, -0.2) is 9.97 Å². The van der Waals surface area contributed by atoms with Gasteiger partial charge in [-0.15, -0.1) is 15.0 Å². The summed E-state index contributed by atoms with van der Waals surface area (Å²) in [6.07, 6.45) is 6.48. The molecule has 0 amide bonds.